The van der Waals surface area contributed by atoms with E-state index in [9.17, 15) is 14.7 Å². The van der Waals surface area contributed by atoms with Crippen LogP contribution >= 0.6 is 11.3 Å². The number of hydrogen-bond acceptors (Lipinski definition) is 6. The van der Waals surface area contributed by atoms with Gasteiger partial charge in [0.2, 0.25) is 0 Å². The fourth-order valence-corrected chi connectivity index (χ4v) is 4.33. The molecule has 0 saturated carbocycles. The van der Waals surface area contributed by atoms with Crippen molar-refractivity contribution in [2.75, 3.05) is 33.8 Å². The van der Waals surface area contributed by atoms with Crippen LogP contribution in [0.1, 0.15) is 35.4 Å². The number of aliphatic hydroxyl groups excluding tert-OH is 1. The molecule has 1 aliphatic rings. The summed E-state index contributed by atoms with van der Waals surface area (Å²) in [6, 6.07) is 8.51. The Balaban J connectivity index is 2.04. The summed E-state index contributed by atoms with van der Waals surface area (Å²) in [5, 5.41) is 13.0. The summed E-state index contributed by atoms with van der Waals surface area (Å²) in [5.41, 5.74) is 1.51. The van der Waals surface area contributed by atoms with E-state index in [4.69, 9.17) is 4.74 Å². The zero-order chi connectivity index (χ0) is 21.8. The number of Topliss-reactive ketones (excluding diaryl/α,β-unsaturated/α-hetero) is 1. The van der Waals surface area contributed by atoms with Crippen LogP contribution in [0, 0.1) is 6.92 Å². The molecule has 0 bridgehead atoms. The van der Waals surface area contributed by atoms with Crippen molar-refractivity contribution in [2.24, 2.45) is 0 Å². The molecule has 1 aromatic heterocycles. The molecule has 30 heavy (non-hydrogen) atoms. The van der Waals surface area contributed by atoms with Crippen molar-refractivity contribution in [3.8, 4) is 5.75 Å². The van der Waals surface area contributed by atoms with Crippen molar-refractivity contribution in [1.29, 1.82) is 0 Å². The van der Waals surface area contributed by atoms with Crippen LogP contribution in [0.2, 0.25) is 0 Å². The minimum atomic E-state index is -0.645. The molecule has 0 spiro atoms. The highest BCUT2D eigenvalue weighted by Crippen LogP contribution is 2.41. The highest BCUT2D eigenvalue weighted by molar-refractivity contribution is 7.10. The average molecular weight is 429 g/mol. The topological polar surface area (TPSA) is 70.1 Å². The lowest BCUT2D eigenvalue weighted by molar-refractivity contribution is -0.140. The van der Waals surface area contributed by atoms with E-state index in [2.05, 4.69) is 0 Å². The lowest BCUT2D eigenvalue weighted by Crippen LogP contribution is -2.35. The molecule has 1 aliphatic heterocycles. The summed E-state index contributed by atoms with van der Waals surface area (Å²) >= 11 is 1.47. The number of ketones is 1. The highest BCUT2D eigenvalue weighted by Gasteiger charge is 2.46. The number of hydrogen-bond donors (Lipinski definition) is 1. The molecule has 1 amide bonds. The standard InChI is InChI=1S/C23H28N2O4S/c1-5-12-29-17-9-8-16(14-15(17)2)21(26)19-20(18-7-6-13-30-18)25(11-10-24(3)4)23(28)22(19)27/h6-9,13-14,20,26H,5,10-12H2,1-4H3/b21-19-. The van der Waals surface area contributed by atoms with Gasteiger partial charge in [-0.05, 0) is 62.6 Å². The average Bonchev–Trinajstić information content (AvgIpc) is 3.32. The van der Waals surface area contributed by atoms with Gasteiger partial charge < -0.3 is 19.6 Å². The number of amides is 1. The van der Waals surface area contributed by atoms with Gasteiger partial charge in [-0.2, -0.15) is 0 Å². The molecule has 7 heteroatoms. The van der Waals surface area contributed by atoms with Gasteiger partial charge in [-0.15, -0.1) is 11.3 Å². The molecular formula is C23H28N2O4S. The maximum absolute atomic E-state index is 12.9. The fraction of sp³-hybridized carbons (Fsp3) is 0.391. The summed E-state index contributed by atoms with van der Waals surface area (Å²) in [5.74, 6) is -0.621. The quantitative estimate of drug-likeness (QED) is 0.393. The van der Waals surface area contributed by atoms with E-state index in [0.717, 1.165) is 22.6 Å². The van der Waals surface area contributed by atoms with Crippen molar-refractivity contribution >= 4 is 28.8 Å². The molecule has 1 aromatic carbocycles. The summed E-state index contributed by atoms with van der Waals surface area (Å²) in [6.07, 6.45) is 0.901. The van der Waals surface area contributed by atoms with Gasteiger partial charge in [0.1, 0.15) is 11.5 Å². The maximum atomic E-state index is 12.9. The van der Waals surface area contributed by atoms with Gasteiger partial charge in [-0.1, -0.05) is 13.0 Å². The number of carbonyl (C=O) groups is 2. The molecule has 1 saturated heterocycles. The minimum Gasteiger partial charge on any atom is -0.507 e. The molecule has 2 aromatic rings. The van der Waals surface area contributed by atoms with Crippen molar-refractivity contribution < 1.29 is 19.4 Å². The van der Waals surface area contributed by atoms with Crippen molar-refractivity contribution in [1.82, 2.24) is 9.80 Å². The third-order valence-electron chi connectivity index (χ3n) is 5.05. The molecule has 3 rings (SSSR count). The third kappa shape index (κ3) is 4.42. The van der Waals surface area contributed by atoms with Gasteiger partial charge in [0.15, 0.2) is 0 Å². The van der Waals surface area contributed by atoms with Crippen LogP contribution in [0.25, 0.3) is 5.76 Å². The monoisotopic (exact) mass is 428 g/mol. The number of benzene rings is 1. The van der Waals surface area contributed by atoms with E-state index < -0.39 is 17.7 Å². The number of rotatable bonds is 8. The number of likely N-dealkylation sites (N-methyl/N-ethyl adjacent to an activating group) is 1. The van der Waals surface area contributed by atoms with Crippen LogP contribution < -0.4 is 4.74 Å². The minimum absolute atomic E-state index is 0.142. The van der Waals surface area contributed by atoms with E-state index in [0.29, 0.717) is 25.3 Å². The second kappa shape index (κ2) is 9.45. The van der Waals surface area contributed by atoms with Crippen LogP contribution in [0.5, 0.6) is 5.75 Å². The number of carbonyl (C=O) groups excluding carboxylic acids is 2. The van der Waals surface area contributed by atoms with Crippen LogP contribution in [-0.2, 0) is 9.59 Å². The highest BCUT2D eigenvalue weighted by atomic mass is 32.1. The van der Waals surface area contributed by atoms with E-state index in [-0.39, 0.29) is 11.3 Å². The van der Waals surface area contributed by atoms with Crippen molar-refractivity contribution in [2.45, 2.75) is 26.3 Å². The van der Waals surface area contributed by atoms with Gasteiger partial charge in [0.05, 0.1) is 18.2 Å². The first-order chi connectivity index (χ1) is 14.3. The molecule has 0 aliphatic carbocycles. The summed E-state index contributed by atoms with van der Waals surface area (Å²) in [4.78, 5) is 30.1. The molecule has 1 atom stereocenters. The largest absolute Gasteiger partial charge is 0.507 e. The first-order valence-corrected chi connectivity index (χ1v) is 10.9. The van der Waals surface area contributed by atoms with Crippen molar-refractivity contribution in [3.05, 3.63) is 57.3 Å². The van der Waals surface area contributed by atoms with Crippen LogP contribution in [0.3, 0.4) is 0 Å². The Hall–Kier alpha value is -2.64. The predicted octanol–water partition coefficient (Wildman–Crippen LogP) is 3.83. The zero-order valence-electron chi connectivity index (χ0n) is 17.8. The molecule has 1 unspecified atom stereocenters. The Kier molecular flexibility index (Phi) is 6.95. The van der Waals surface area contributed by atoms with Gasteiger partial charge in [-0.25, -0.2) is 0 Å². The Morgan fingerprint density at radius 3 is 2.63 bits per heavy atom. The Bertz CT molecular complexity index is 950. The van der Waals surface area contributed by atoms with E-state index in [1.54, 1.807) is 23.1 Å². The normalized spacial score (nSPS) is 18.4. The second-order valence-electron chi connectivity index (χ2n) is 7.64. The lowest BCUT2D eigenvalue weighted by Gasteiger charge is -2.25. The molecular weight excluding hydrogens is 400 g/mol. The number of thiophene rings is 1. The number of ether oxygens (including phenoxy) is 1. The number of aryl methyl sites for hydroxylation is 1. The van der Waals surface area contributed by atoms with Gasteiger partial charge in [0.25, 0.3) is 11.7 Å². The summed E-state index contributed by atoms with van der Waals surface area (Å²) in [6.45, 7) is 5.57. The SMILES string of the molecule is CCCOc1ccc(/C(O)=C2/C(=O)C(=O)N(CCN(C)C)C2c2cccs2)cc1C. The van der Waals surface area contributed by atoms with E-state index >= 15 is 0 Å². The zero-order valence-corrected chi connectivity index (χ0v) is 18.7. The molecule has 1 N–H and O–H groups in total. The van der Waals surface area contributed by atoms with E-state index in [1.165, 1.54) is 11.3 Å². The smallest absolute Gasteiger partial charge is 0.295 e. The second-order valence-corrected chi connectivity index (χ2v) is 8.62. The third-order valence-corrected chi connectivity index (χ3v) is 5.98. The Morgan fingerprint density at radius 1 is 1.27 bits per heavy atom. The molecule has 160 valence electrons. The fourth-order valence-electron chi connectivity index (χ4n) is 3.49. The first kappa shape index (κ1) is 22.1. The number of aliphatic hydroxyl groups is 1. The Morgan fingerprint density at radius 2 is 2.03 bits per heavy atom. The molecule has 0 radical (unpaired) electrons. The molecule has 6 nitrogen and oxygen atoms in total. The van der Waals surface area contributed by atoms with Gasteiger partial charge in [0, 0.05) is 23.5 Å². The van der Waals surface area contributed by atoms with Gasteiger partial charge in [-0.3, -0.25) is 9.59 Å². The van der Waals surface area contributed by atoms with Crippen molar-refractivity contribution in [3.63, 3.8) is 0 Å². The van der Waals surface area contributed by atoms with Crippen LogP contribution in [0.4, 0.5) is 0 Å². The maximum Gasteiger partial charge on any atom is 0.295 e. The molecule has 1 fully saturated rings. The van der Waals surface area contributed by atoms with Crippen LogP contribution in [0.15, 0.2) is 41.3 Å². The number of nitrogens with zero attached hydrogens (tertiary/aromatic N) is 2. The first-order valence-electron chi connectivity index (χ1n) is 10.1. The Labute approximate surface area is 181 Å². The van der Waals surface area contributed by atoms with E-state index in [1.807, 2.05) is 50.4 Å². The summed E-state index contributed by atoms with van der Waals surface area (Å²) in [7, 11) is 3.84. The lowest BCUT2D eigenvalue weighted by atomic mass is 9.98. The summed E-state index contributed by atoms with van der Waals surface area (Å²) < 4.78 is 5.71. The predicted molar refractivity (Wildman–Crippen MR) is 119 cm³/mol. The molecule has 2 heterocycles. The number of likely N-dealkylation sites (tertiary alicyclic amines) is 1. The van der Waals surface area contributed by atoms with Crippen LogP contribution in [-0.4, -0.2) is 60.4 Å². The van der Waals surface area contributed by atoms with Gasteiger partial charge >= 0.3 is 0 Å².